The molecule has 0 aliphatic heterocycles. The Kier molecular flexibility index (Phi) is 9.04. The maximum absolute atomic E-state index is 12.7. The second-order valence-electron chi connectivity index (χ2n) is 8.49. The van der Waals surface area contributed by atoms with Crippen molar-refractivity contribution in [2.75, 3.05) is 5.43 Å². The van der Waals surface area contributed by atoms with E-state index in [1.165, 1.54) is 36.7 Å². The first kappa shape index (κ1) is 24.5. The van der Waals surface area contributed by atoms with Gasteiger partial charge in [-0.15, -0.1) is 0 Å². The van der Waals surface area contributed by atoms with E-state index in [1.807, 2.05) is 34.9 Å². The van der Waals surface area contributed by atoms with Crippen molar-refractivity contribution in [3.8, 4) is 0 Å². The summed E-state index contributed by atoms with van der Waals surface area (Å²) in [6.45, 7) is 4.97. The highest BCUT2D eigenvalue weighted by Gasteiger charge is 2.17. The van der Waals surface area contributed by atoms with Gasteiger partial charge in [-0.3, -0.25) is 14.3 Å². The number of H-pyrrole nitrogens is 1. The van der Waals surface area contributed by atoms with Crippen molar-refractivity contribution >= 4 is 22.8 Å². The third kappa shape index (κ3) is 6.21. The van der Waals surface area contributed by atoms with Crippen molar-refractivity contribution in [3.63, 3.8) is 0 Å². The van der Waals surface area contributed by atoms with Crippen LogP contribution in [0.25, 0.3) is 11.2 Å². The molecule has 0 saturated carbocycles. The maximum Gasteiger partial charge on any atom is 0.329 e. The van der Waals surface area contributed by atoms with Crippen molar-refractivity contribution in [2.24, 2.45) is 12.1 Å². The average molecular weight is 453 g/mol. The van der Waals surface area contributed by atoms with Crippen LogP contribution in [0.3, 0.4) is 0 Å². The van der Waals surface area contributed by atoms with Crippen LogP contribution in [0.1, 0.15) is 77.2 Å². The molecule has 0 unspecified atom stereocenters. The van der Waals surface area contributed by atoms with E-state index in [2.05, 4.69) is 34.3 Å². The van der Waals surface area contributed by atoms with Crippen LogP contribution in [-0.4, -0.2) is 24.8 Å². The minimum atomic E-state index is -0.473. The summed E-state index contributed by atoms with van der Waals surface area (Å²) in [5.41, 5.74) is 4.95. The lowest BCUT2D eigenvalue weighted by Gasteiger charge is -2.10. The van der Waals surface area contributed by atoms with Crippen LogP contribution in [0.5, 0.6) is 0 Å². The summed E-state index contributed by atoms with van der Waals surface area (Å²) in [5, 5.41) is 4.65. The quantitative estimate of drug-likeness (QED) is 0.221. The molecule has 8 nitrogen and oxygen atoms in total. The van der Waals surface area contributed by atoms with Crippen LogP contribution in [-0.2, 0) is 13.6 Å². The summed E-state index contributed by atoms with van der Waals surface area (Å²) in [4.78, 5) is 31.8. The lowest BCUT2D eigenvalue weighted by molar-refractivity contribution is 0.556. The molecule has 0 amide bonds. The van der Waals surface area contributed by atoms with Gasteiger partial charge in [0.2, 0.25) is 5.95 Å². The van der Waals surface area contributed by atoms with E-state index in [1.54, 1.807) is 7.05 Å². The molecule has 3 rings (SSSR count). The van der Waals surface area contributed by atoms with Gasteiger partial charge < -0.3 is 4.57 Å². The number of nitrogens with zero attached hydrogens (tertiary/aromatic N) is 4. The van der Waals surface area contributed by atoms with Crippen LogP contribution in [0.2, 0.25) is 0 Å². The van der Waals surface area contributed by atoms with Gasteiger partial charge in [0.25, 0.3) is 5.56 Å². The molecule has 178 valence electrons. The predicted octanol–water partition coefficient (Wildman–Crippen LogP) is 4.79. The van der Waals surface area contributed by atoms with Crippen LogP contribution in [0.15, 0.2) is 45.0 Å². The van der Waals surface area contributed by atoms with Crippen LogP contribution >= 0.6 is 0 Å². The smallest absolute Gasteiger partial charge is 0.303 e. The molecule has 2 N–H and O–H groups in total. The first-order valence-corrected chi connectivity index (χ1v) is 12.1. The molecular formula is C25H36N6O2. The molecule has 0 radical (unpaired) electrons. The fourth-order valence-corrected chi connectivity index (χ4v) is 4.01. The summed E-state index contributed by atoms with van der Waals surface area (Å²) < 4.78 is 3.23. The number of hydrogen-bond acceptors (Lipinski definition) is 5. The molecular weight excluding hydrogens is 416 g/mol. The Morgan fingerprint density at radius 1 is 1.00 bits per heavy atom. The Bertz CT molecular complexity index is 1170. The third-order valence-electron chi connectivity index (χ3n) is 5.88. The van der Waals surface area contributed by atoms with Crippen molar-refractivity contribution in [1.29, 1.82) is 0 Å². The molecule has 2 aromatic heterocycles. The predicted molar refractivity (Wildman–Crippen MR) is 135 cm³/mol. The lowest BCUT2D eigenvalue weighted by Crippen LogP contribution is -2.29. The number of nitrogens with one attached hydrogen (secondary N) is 2. The Morgan fingerprint density at radius 2 is 1.70 bits per heavy atom. The molecule has 0 saturated heterocycles. The average Bonchev–Trinajstić information content (AvgIpc) is 3.19. The van der Waals surface area contributed by atoms with Crippen LogP contribution in [0, 0.1) is 0 Å². The Hall–Kier alpha value is -3.16. The first-order valence-electron chi connectivity index (χ1n) is 12.1. The number of imidazole rings is 1. The second kappa shape index (κ2) is 12.2. The van der Waals surface area contributed by atoms with Gasteiger partial charge in [-0.2, -0.15) is 10.1 Å². The highest BCUT2D eigenvalue weighted by molar-refractivity contribution is 6.00. The maximum atomic E-state index is 12.7. The van der Waals surface area contributed by atoms with Gasteiger partial charge in [0.1, 0.15) is 0 Å². The standard InChI is InChI=1S/C25H36N6O2/c1-4-6-7-8-9-10-14-18-31-21-22(30(3)25(33)27-23(21)32)26-24(31)29-28-20(15-5-2)19-16-12-11-13-17-19/h11-13,16-17H,4-10,14-15,18H2,1-3H3,(H,26,29)(H,27,32,33)/b28-20+. The topological polar surface area (TPSA) is 97.1 Å². The number of unbranched alkanes of at least 4 members (excludes halogenated alkanes) is 6. The zero-order chi connectivity index (χ0) is 23.6. The van der Waals surface area contributed by atoms with E-state index in [0.29, 0.717) is 23.7 Å². The molecule has 0 aliphatic carbocycles. The number of aromatic amines is 1. The van der Waals surface area contributed by atoms with E-state index < -0.39 is 11.2 Å². The van der Waals surface area contributed by atoms with Gasteiger partial charge in [0.05, 0.1) is 5.71 Å². The van der Waals surface area contributed by atoms with Crippen molar-refractivity contribution in [2.45, 2.75) is 78.2 Å². The summed E-state index contributed by atoms with van der Waals surface area (Å²) >= 11 is 0. The van der Waals surface area contributed by atoms with Gasteiger partial charge in [-0.25, -0.2) is 10.2 Å². The van der Waals surface area contributed by atoms with Crippen LogP contribution < -0.4 is 16.7 Å². The van der Waals surface area contributed by atoms with Crippen molar-refractivity contribution in [1.82, 2.24) is 19.1 Å². The van der Waals surface area contributed by atoms with Gasteiger partial charge in [0, 0.05) is 13.6 Å². The van der Waals surface area contributed by atoms with E-state index in [4.69, 9.17) is 0 Å². The fraction of sp³-hybridized carbons (Fsp3) is 0.520. The molecule has 2 heterocycles. The second-order valence-corrected chi connectivity index (χ2v) is 8.49. The highest BCUT2D eigenvalue weighted by atomic mass is 16.2. The Morgan fingerprint density at radius 3 is 2.39 bits per heavy atom. The molecule has 0 bridgehead atoms. The zero-order valence-corrected chi connectivity index (χ0v) is 20.1. The summed E-state index contributed by atoms with van der Waals surface area (Å²) in [6, 6.07) is 10.0. The molecule has 0 aliphatic rings. The van der Waals surface area contributed by atoms with Gasteiger partial charge >= 0.3 is 5.69 Å². The minimum absolute atomic E-state index is 0.362. The zero-order valence-electron chi connectivity index (χ0n) is 20.1. The van der Waals surface area contributed by atoms with E-state index in [9.17, 15) is 9.59 Å². The molecule has 0 atom stereocenters. The van der Waals surface area contributed by atoms with Crippen molar-refractivity contribution in [3.05, 3.63) is 56.7 Å². The van der Waals surface area contributed by atoms with Gasteiger partial charge in [-0.05, 0) is 18.4 Å². The number of fused-ring (bicyclic) bond motifs is 1. The summed E-state index contributed by atoms with van der Waals surface area (Å²) in [5.74, 6) is 0.479. The highest BCUT2D eigenvalue weighted by Crippen LogP contribution is 2.18. The number of hydrazone groups is 1. The lowest BCUT2D eigenvalue weighted by atomic mass is 10.1. The van der Waals surface area contributed by atoms with Gasteiger partial charge in [0.15, 0.2) is 11.2 Å². The molecule has 0 fully saturated rings. The molecule has 0 spiro atoms. The van der Waals surface area contributed by atoms with E-state index >= 15 is 0 Å². The monoisotopic (exact) mass is 452 g/mol. The van der Waals surface area contributed by atoms with E-state index in [0.717, 1.165) is 37.0 Å². The number of aryl methyl sites for hydroxylation is 2. The summed E-state index contributed by atoms with van der Waals surface area (Å²) in [7, 11) is 1.62. The number of benzene rings is 1. The number of anilines is 1. The summed E-state index contributed by atoms with van der Waals surface area (Å²) in [6.07, 6.45) is 9.99. The minimum Gasteiger partial charge on any atom is -0.303 e. The van der Waals surface area contributed by atoms with Crippen LogP contribution in [0.4, 0.5) is 5.95 Å². The van der Waals surface area contributed by atoms with Crippen molar-refractivity contribution < 1.29 is 0 Å². The Balaban J connectivity index is 1.88. The molecule has 33 heavy (non-hydrogen) atoms. The normalized spacial score (nSPS) is 11.9. The number of rotatable bonds is 13. The molecule has 3 aromatic rings. The SMILES string of the molecule is CCCCCCCCCn1c(N/N=C(\CCC)c2ccccc2)nc2c1c(=O)[nH]c(=O)n2C. The molecule has 1 aromatic carbocycles. The van der Waals surface area contributed by atoms with Gasteiger partial charge in [-0.1, -0.05) is 89.1 Å². The third-order valence-corrected chi connectivity index (χ3v) is 5.88. The largest absolute Gasteiger partial charge is 0.329 e. The first-order chi connectivity index (χ1) is 16.1. The number of hydrogen-bond donors (Lipinski definition) is 2. The molecule has 8 heteroatoms. The van der Waals surface area contributed by atoms with E-state index in [-0.39, 0.29) is 0 Å². The Labute approximate surface area is 194 Å². The fourth-order valence-electron chi connectivity index (χ4n) is 4.01. The number of aromatic nitrogens is 4.